The van der Waals surface area contributed by atoms with Crippen molar-refractivity contribution in [3.05, 3.63) is 65.5 Å². The van der Waals surface area contributed by atoms with Crippen LogP contribution in [-0.4, -0.2) is 12.7 Å². The lowest BCUT2D eigenvalue weighted by atomic mass is 9.72. The highest BCUT2D eigenvalue weighted by molar-refractivity contribution is 5.42. The molecular weight excluding hydrogens is 334 g/mol. The van der Waals surface area contributed by atoms with Gasteiger partial charge in [-0.15, -0.1) is 10.2 Å². The summed E-state index contributed by atoms with van der Waals surface area (Å²) in [6.07, 6.45) is 3.63. The summed E-state index contributed by atoms with van der Waals surface area (Å²) in [5.74, 6) is 0.391. The van der Waals surface area contributed by atoms with Crippen LogP contribution in [0, 0.1) is 10.2 Å². The monoisotopic (exact) mass is 351 g/mol. The summed E-state index contributed by atoms with van der Waals surface area (Å²) in [6, 6.07) is 15.8. The average molecular weight is 352 g/mol. The van der Waals surface area contributed by atoms with Gasteiger partial charge in [-0.05, 0) is 12.5 Å². The second kappa shape index (κ2) is 6.76. The van der Waals surface area contributed by atoms with Crippen LogP contribution in [0.4, 0.5) is 0 Å². The first-order valence-electron chi connectivity index (χ1n) is 7.72. The van der Waals surface area contributed by atoms with E-state index in [0.29, 0.717) is 18.1 Å². The van der Waals surface area contributed by atoms with Gasteiger partial charge < -0.3 is 4.74 Å². The van der Waals surface area contributed by atoms with Crippen molar-refractivity contribution in [1.82, 2.24) is 0 Å². The first-order chi connectivity index (χ1) is 11.4. The van der Waals surface area contributed by atoms with Gasteiger partial charge in [0.15, 0.2) is 17.9 Å². The predicted octanol–water partition coefficient (Wildman–Crippen LogP) is -1.94. The van der Waals surface area contributed by atoms with Crippen molar-refractivity contribution in [3.63, 3.8) is 0 Å². The second-order valence-electron chi connectivity index (χ2n) is 5.76. The van der Waals surface area contributed by atoms with E-state index in [4.69, 9.17) is 23.4 Å². The third kappa shape index (κ3) is 3.44. The van der Waals surface area contributed by atoms with E-state index in [2.05, 4.69) is 60.2 Å². The lowest BCUT2D eigenvalue weighted by molar-refractivity contribution is -2.00. The average Bonchev–Trinajstić information content (AvgIpc) is 2.54. The van der Waals surface area contributed by atoms with Gasteiger partial charge in [-0.1, -0.05) is 30.3 Å². The standard InChI is InChI=1S/C17H18NO.ClHO4/c1-2-19-16-11-15-12-7-3-4-8-13(12)17(16)14-9-5-6-10-18(14)15;2-1(3,4)5/h3-10,15-17H,2,11H2,1H3;(H,2,3,4,5)/q+1;/p-1. The van der Waals surface area contributed by atoms with Gasteiger partial charge in [0.1, 0.15) is 0 Å². The molecule has 24 heavy (non-hydrogen) atoms. The summed E-state index contributed by atoms with van der Waals surface area (Å²) in [4.78, 5) is 0. The van der Waals surface area contributed by atoms with Crippen LogP contribution in [0.1, 0.15) is 42.1 Å². The molecule has 3 heterocycles. The Kier molecular flexibility index (Phi) is 4.87. The van der Waals surface area contributed by atoms with Crippen molar-refractivity contribution < 1.29 is 38.2 Å². The molecule has 0 amide bonds. The lowest BCUT2D eigenvalue weighted by Gasteiger charge is -2.39. The number of hydrogen-bond acceptors (Lipinski definition) is 5. The van der Waals surface area contributed by atoms with Crippen LogP contribution in [0.15, 0.2) is 48.7 Å². The lowest BCUT2D eigenvalue weighted by Crippen LogP contribution is -2.68. The summed E-state index contributed by atoms with van der Waals surface area (Å²) in [7, 11) is -4.94. The fourth-order valence-corrected chi connectivity index (χ4v) is 3.79. The Balaban J connectivity index is 0.000000300. The van der Waals surface area contributed by atoms with Crippen molar-refractivity contribution in [2.24, 2.45) is 0 Å². The molecule has 0 fully saturated rings. The van der Waals surface area contributed by atoms with Crippen LogP contribution in [0.25, 0.3) is 0 Å². The SMILES string of the molecule is CCOC1CC2c3ccccc3C1c1cccc[n+]12.[O-][Cl+3]([O-])([O-])[O-]. The molecule has 1 aromatic heterocycles. The zero-order chi connectivity index (χ0) is 17.3. The molecule has 0 saturated carbocycles. The Morgan fingerprint density at radius 2 is 1.67 bits per heavy atom. The van der Waals surface area contributed by atoms with Gasteiger partial charge in [-0.25, -0.2) is 18.6 Å². The largest absolute Gasteiger partial charge is 0.377 e. The van der Waals surface area contributed by atoms with Gasteiger partial charge in [0, 0.05) is 30.7 Å². The summed E-state index contributed by atoms with van der Waals surface area (Å²) >= 11 is 0. The highest BCUT2D eigenvalue weighted by atomic mass is 35.7. The molecule has 128 valence electrons. The number of rotatable bonds is 2. The van der Waals surface area contributed by atoms with Crippen molar-refractivity contribution in [2.75, 3.05) is 6.61 Å². The van der Waals surface area contributed by atoms with E-state index >= 15 is 0 Å². The van der Waals surface area contributed by atoms with Gasteiger partial charge in [-0.3, -0.25) is 0 Å². The molecule has 2 aliphatic heterocycles. The maximum atomic E-state index is 8.49. The Morgan fingerprint density at radius 1 is 1.04 bits per heavy atom. The number of ether oxygens (including phenoxy) is 1. The topological polar surface area (TPSA) is 105 Å². The fraction of sp³-hybridized carbons (Fsp3) is 0.353. The molecule has 3 unspecified atom stereocenters. The highest BCUT2D eigenvalue weighted by Crippen LogP contribution is 2.45. The maximum absolute atomic E-state index is 8.49. The first kappa shape index (κ1) is 17.3. The molecule has 7 heteroatoms. The van der Waals surface area contributed by atoms with Crippen LogP contribution in [0.2, 0.25) is 0 Å². The van der Waals surface area contributed by atoms with Gasteiger partial charge in [0.05, 0.1) is 12.0 Å². The minimum absolute atomic E-state index is 0.326. The number of benzene rings is 1. The van der Waals surface area contributed by atoms with Gasteiger partial charge in [0.2, 0.25) is 0 Å². The Morgan fingerprint density at radius 3 is 2.33 bits per heavy atom. The predicted molar refractivity (Wildman–Crippen MR) is 73.1 cm³/mol. The normalized spacial score (nSPS) is 23.8. The molecule has 0 N–H and O–H groups in total. The molecule has 3 aliphatic rings. The summed E-state index contributed by atoms with van der Waals surface area (Å²) in [5.41, 5.74) is 4.34. The minimum atomic E-state index is -4.94. The molecule has 0 spiro atoms. The Bertz CT molecular complexity index is 665. The van der Waals surface area contributed by atoms with Crippen LogP contribution in [-0.2, 0) is 4.74 Å². The van der Waals surface area contributed by atoms with Crippen molar-refractivity contribution >= 4 is 0 Å². The zero-order valence-electron chi connectivity index (χ0n) is 13.1. The van der Waals surface area contributed by atoms with Crippen molar-refractivity contribution in [1.29, 1.82) is 0 Å². The molecule has 2 aromatic rings. The summed E-state index contributed by atoms with van der Waals surface area (Å²) in [5, 5.41) is 0. The van der Waals surface area contributed by atoms with Crippen LogP contribution >= 0.6 is 0 Å². The fourth-order valence-electron chi connectivity index (χ4n) is 3.79. The molecule has 5 rings (SSSR count). The number of aromatic nitrogens is 1. The molecule has 3 atom stereocenters. The molecule has 6 nitrogen and oxygen atoms in total. The maximum Gasteiger partial charge on any atom is 0.192 e. The number of hydrogen-bond donors (Lipinski definition) is 0. The number of pyridine rings is 1. The molecule has 1 aromatic carbocycles. The number of fused-ring (bicyclic) bond motifs is 1. The Labute approximate surface area is 142 Å². The van der Waals surface area contributed by atoms with E-state index in [1.54, 1.807) is 0 Å². The molecule has 2 bridgehead atoms. The van der Waals surface area contributed by atoms with E-state index < -0.39 is 10.2 Å². The minimum Gasteiger partial charge on any atom is -0.377 e. The van der Waals surface area contributed by atoms with Crippen LogP contribution in [0.5, 0.6) is 0 Å². The third-order valence-corrected chi connectivity index (χ3v) is 4.48. The van der Waals surface area contributed by atoms with E-state index in [-0.39, 0.29) is 0 Å². The molecular formula is C17H18ClNO5. The number of halogens is 1. The van der Waals surface area contributed by atoms with Crippen molar-refractivity contribution in [3.8, 4) is 0 Å². The quantitative estimate of drug-likeness (QED) is 0.585. The molecule has 0 saturated heterocycles. The van der Waals surface area contributed by atoms with E-state index in [1.165, 1.54) is 16.8 Å². The van der Waals surface area contributed by atoms with Gasteiger partial charge >= 0.3 is 0 Å². The summed E-state index contributed by atoms with van der Waals surface area (Å²) < 4.78 is 42.4. The molecule has 0 radical (unpaired) electrons. The zero-order valence-corrected chi connectivity index (χ0v) is 13.9. The van der Waals surface area contributed by atoms with E-state index in [1.807, 2.05) is 0 Å². The second-order valence-corrected chi connectivity index (χ2v) is 6.52. The van der Waals surface area contributed by atoms with Crippen LogP contribution < -0.4 is 23.2 Å². The Hall–Kier alpha value is -1.54. The first-order valence-corrected chi connectivity index (χ1v) is 8.96. The van der Waals surface area contributed by atoms with E-state index in [9.17, 15) is 0 Å². The highest BCUT2D eigenvalue weighted by Gasteiger charge is 2.49. The van der Waals surface area contributed by atoms with Gasteiger partial charge in [-0.2, -0.15) is 4.57 Å². The summed E-state index contributed by atoms with van der Waals surface area (Å²) in [6.45, 7) is 2.89. The third-order valence-electron chi connectivity index (χ3n) is 4.48. The van der Waals surface area contributed by atoms with Gasteiger partial charge in [0.25, 0.3) is 0 Å². The smallest absolute Gasteiger partial charge is 0.192 e. The van der Waals surface area contributed by atoms with Crippen LogP contribution in [0.3, 0.4) is 0 Å². The molecule has 1 aliphatic carbocycles. The number of nitrogens with zero attached hydrogens (tertiary/aromatic N) is 1. The van der Waals surface area contributed by atoms with Crippen molar-refractivity contribution in [2.45, 2.75) is 31.4 Å². The van der Waals surface area contributed by atoms with E-state index in [0.717, 1.165) is 13.0 Å².